The second-order valence-electron chi connectivity index (χ2n) is 4.63. The molecule has 80 valence electrons. The molecular weight excluding hydrogens is 184 g/mol. The number of hydrogen-bond donors (Lipinski definition) is 1. The van der Waals surface area contributed by atoms with Crippen molar-refractivity contribution in [1.29, 1.82) is 0 Å². The van der Waals surface area contributed by atoms with Gasteiger partial charge in [-0.1, -0.05) is 25.1 Å². The van der Waals surface area contributed by atoms with Crippen LogP contribution in [0.1, 0.15) is 24.8 Å². The summed E-state index contributed by atoms with van der Waals surface area (Å²) < 4.78 is 0. The number of fused-ring (bicyclic) bond motifs is 3. The van der Waals surface area contributed by atoms with Gasteiger partial charge in [-0.2, -0.15) is 0 Å². The number of benzene rings is 1. The first-order valence-corrected chi connectivity index (χ1v) is 5.96. The monoisotopic (exact) mass is 202 g/mol. The van der Waals surface area contributed by atoms with Gasteiger partial charge in [0.05, 0.1) is 0 Å². The minimum Gasteiger partial charge on any atom is -0.381 e. The van der Waals surface area contributed by atoms with E-state index < -0.39 is 0 Å². The summed E-state index contributed by atoms with van der Waals surface area (Å²) in [6.07, 6.45) is 1.28. The molecule has 3 rings (SSSR count). The second-order valence-corrected chi connectivity index (χ2v) is 4.63. The average Bonchev–Trinajstić information content (AvgIpc) is 2.66. The Kier molecular flexibility index (Phi) is 2.17. The molecule has 0 spiro atoms. The van der Waals surface area contributed by atoms with Crippen LogP contribution in [0.2, 0.25) is 0 Å². The van der Waals surface area contributed by atoms with Crippen LogP contribution >= 0.6 is 0 Å². The van der Waals surface area contributed by atoms with Crippen molar-refractivity contribution in [2.45, 2.75) is 25.3 Å². The van der Waals surface area contributed by atoms with E-state index in [-0.39, 0.29) is 0 Å². The van der Waals surface area contributed by atoms with Gasteiger partial charge in [-0.3, -0.25) is 0 Å². The van der Waals surface area contributed by atoms with Crippen LogP contribution in [0.15, 0.2) is 24.3 Å². The molecule has 2 aliphatic rings. The number of anilines is 1. The number of nitrogens with one attached hydrogen (secondary N) is 1. The summed E-state index contributed by atoms with van der Waals surface area (Å²) >= 11 is 0. The first-order chi connectivity index (χ1) is 7.38. The van der Waals surface area contributed by atoms with E-state index >= 15 is 0 Å². The summed E-state index contributed by atoms with van der Waals surface area (Å²) in [4.78, 5) is 2.56. The molecule has 0 aliphatic carbocycles. The van der Waals surface area contributed by atoms with E-state index in [1.807, 2.05) is 0 Å². The van der Waals surface area contributed by atoms with Crippen LogP contribution in [0.4, 0.5) is 5.69 Å². The van der Waals surface area contributed by atoms with Crippen LogP contribution in [0.5, 0.6) is 0 Å². The van der Waals surface area contributed by atoms with Gasteiger partial charge in [-0.15, -0.1) is 0 Å². The Bertz CT molecular complexity index is 361. The maximum atomic E-state index is 3.65. The van der Waals surface area contributed by atoms with E-state index in [1.165, 1.54) is 37.3 Å². The number of piperidine rings is 1. The van der Waals surface area contributed by atoms with E-state index in [2.05, 4.69) is 41.4 Å². The zero-order chi connectivity index (χ0) is 10.3. The van der Waals surface area contributed by atoms with E-state index in [4.69, 9.17) is 0 Å². The fourth-order valence-corrected chi connectivity index (χ4v) is 2.95. The number of para-hydroxylation sites is 1. The van der Waals surface area contributed by atoms with Crippen LogP contribution in [0.25, 0.3) is 0 Å². The van der Waals surface area contributed by atoms with Crippen LogP contribution < -0.4 is 5.32 Å². The van der Waals surface area contributed by atoms with Gasteiger partial charge in [-0.05, 0) is 24.6 Å². The van der Waals surface area contributed by atoms with Crippen molar-refractivity contribution in [3.05, 3.63) is 29.8 Å². The van der Waals surface area contributed by atoms with Crippen molar-refractivity contribution in [2.75, 3.05) is 25.0 Å². The fraction of sp³-hybridized carbons (Fsp3) is 0.538. The van der Waals surface area contributed by atoms with E-state index in [1.54, 1.807) is 0 Å². The van der Waals surface area contributed by atoms with Gasteiger partial charge in [0, 0.05) is 30.7 Å². The third-order valence-electron chi connectivity index (χ3n) is 3.85. The van der Waals surface area contributed by atoms with Crippen LogP contribution in [-0.4, -0.2) is 30.6 Å². The lowest BCUT2D eigenvalue weighted by Crippen LogP contribution is -2.41. The second kappa shape index (κ2) is 3.53. The number of nitrogens with zero attached hydrogens (tertiary/aromatic N) is 1. The van der Waals surface area contributed by atoms with E-state index in [0.29, 0.717) is 6.04 Å². The molecule has 2 nitrogen and oxygen atoms in total. The SMILES string of the molecule is CCN1CCC2Nc3ccccc3C2C1. The summed E-state index contributed by atoms with van der Waals surface area (Å²) in [6, 6.07) is 9.47. The zero-order valence-electron chi connectivity index (χ0n) is 9.24. The Hall–Kier alpha value is -1.02. The molecule has 2 heterocycles. The molecule has 2 heteroatoms. The maximum Gasteiger partial charge on any atom is 0.0379 e. The average molecular weight is 202 g/mol. The van der Waals surface area contributed by atoms with Gasteiger partial charge in [0.1, 0.15) is 0 Å². The molecule has 2 aliphatic heterocycles. The lowest BCUT2D eigenvalue weighted by molar-refractivity contribution is 0.212. The van der Waals surface area contributed by atoms with Crippen LogP contribution in [-0.2, 0) is 0 Å². The lowest BCUT2D eigenvalue weighted by Gasteiger charge is -2.34. The molecule has 0 radical (unpaired) electrons. The van der Waals surface area contributed by atoms with Crippen molar-refractivity contribution in [2.24, 2.45) is 0 Å². The Morgan fingerprint density at radius 1 is 1.40 bits per heavy atom. The molecule has 0 aromatic heterocycles. The Morgan fingerprint density at radius 3 is 3.13 bits per heavy atom. The highest BCUT2D eigenvalue weighted by Crippen LogP contribution is 2.39. The molecule has 1 N–H and O–H groups in total. The van der Waals surface area contributed by atoms with E-state index in [9.17, 15) is 0 Å². The molecule has 2 unspecified atom stereocenters. The molecule has 0 amide bonds. The van der Waals surface area contributed by atoms with Gasteiger partial charge in [0.15, 0.2) is 0 Å². The van der Waals surface area contributed by atoms with Crippen LogP contribution in [0.3, 0.4) is 0 Å². The molecule has 1 aromatic rings. The van der Waals surface area contributed by atoms with Crippen LogP contribution in [0, 0.1) is 0 Å². The first-order valence-electron chi connectivity index (χ1n) is 5.96. The molecule has 1 saturated heterocycles. The summed E-state index contributed by atoms with van der Waals surface area (Å²) in [5, 5.41) is 3.65. The standard InChI is InChI=1S/C13H18N2/c1-2-15-8-7-13-11(9-15)10-5-3-4-6-12(10)14-13/h3-6,11,13-14H,2,7-9H2,1H3. The predicted octanol–water partition coefficient (Wildman–Crippen LogP) is 2.29. The molecule has 0 bridgehead atoms. The van der Waals surface area contributed by atoms with Gasteiger partial charge in [0.2, 0.25) is 0 Å². The largest absolute Gasteiger partial charge is 0.381 e. The van der Waals surface area contributed by atoms with Gasteiger partial charge < -0.3 is 10.2 Å². The summed E-state index contributed by atoms with van der Waals surface area (Å²) in [5.41, 5.74) is 2.89. The minimum atomic E-state index is 0.685. The van der Waals surface area contributed by atoms with Crippen molar-refractivity contribution < 1.29 is 0 Å². The molecule has 15 heavy (non-hydrogen) atoms. The van der Waals surface area contributed by atoms with Gasteiger partial charge >= 0.3 is 0 Å². The number of likely N-dealkylation sites (tertiary alicyclic amines) is 1. The fourth-order valence-electron chi connectivity index (χ4n) is 2.95. The lowest BCUT2D eigenvalue weighted by atomic mass is 9.89. The molecule has 1 aromatic carbocycles. The molecule has 1 fully saturated rings. The molecule has 0 saturated carbocycles. The number of hydrogen-bond acceptors (Lipinski definition) is 2. The number of likely N-dealkylation sites (N-methyl/N-ethyl adjacent to an activating group) is 1. The predicted molar refractivity (Wildman–Crippen MR) is 63.3 cm³/mol. The van der Waals surface area contributed by atoms with Gasteiger partial charge in [0.25, 0.3) is 0 Å². The van der Waals surface area contributed by atoms with E-state index in [0.717, 1.165) is 5.92 Å². The highest BCUT2D eigenvalue weighted by molar-refractivity contribution is 5.59. The third-order valence-corrected chi connectivity index (χ3v) is 3.85. The quantitative estimate of drug-likeness (QED) is 0.751. The summed E-state index contributed by atoms with van der Waals surface area (Å²) in [7, 11) is 0. The van der Waals surface area contributed by atoms with Crippen molar-refractivity contribution in [3.63, 3.8) is 0 Å². The van der Waals surface area contributed by atoms with Crippen molar-refractivity contribution >= 4 is 5.69 Å². The highest BCUT2D eigenvalue weighted by Gasteiger charge is 2.35. The zero-order valence-corrected chi connectivity index (χ0v) is 9.24. The molecule has 2 atom stereocenters. The summed E-state index contributed by atoms with van der Waals surface area (Å²) in [6.45, 7) is 5.92. The molecular formula is C13H18N2. The number of rotatable bonds is 1. The van der Waals surface area contributed by atoms with Crippen molar-refractivity contribution in [3.8, 4) is 0 Å². The summed E-state index contributed by atoms with van der Waals surface area (Å²) in [5.74, 6) is 0.717. The minimum absolute atomic E-state index is 0.685. The highest BCUT2D eigenvalue weighted by atomic mass is 15.2. The van der Waals surface area contributed by atoms with Gasteiger partial charge in [-0.25, -0.2) is 0 Å². The maximum absolute atomic E-state index is 3.65. The Balaban J connectivity index is 1.89. The Morgan fingerprint density at radius 2 is 2.27 bits per heavy atom. The topological polar surface area (TPSA) is 15.3 Å². The normalized spacial score (nSPS) is 29.4. The Labute approximate surface area is 91.3 Å². The third kappa shape index (κ3) is 1.44. The smallest absolute Gasteiger partial charge is 0.0379 e. The first kappa shape index (κ1) is 9.22. The van der Waals surface area contributed by atoms with Crippen molar-refractivity contribution in [1.82, 2.24) is 4.90 Å².